The summed E-state index contributed by atoms with van der Waals surface area (Å²) in [5.41, 5.74) is 9.46. The van der Waals surface area contributed by atoms with E-state index >= 15 is 0 Å². The molecule has 3 heterocycles. The molecule has 0 saturated heterocycles. The second-order valence-corrected chi connectivity index (χ2v) is 8.54. The molecule has 9 heteroatoms. The van der Waals surface area contributed by atoms with E-state index in [0.717, 1.165) is 22.8 Å². The van der Waals surface area contributed by atoms with E-state index in [4.69, 9.17) is 5.73 Å². The van der Waals surface area contributed by atoms with Gasteiger partial charge in [0, 0.05) is 30.0 Å². The van der Waals surface area contributed by atoms with Crippen LogP contribution in [-0.4, -0.2) is 34.4 Å². The van der Waals surface area contributed by atoms with E-state index in [1.807, 2.05) is 41.1 Å². The zero-order valence-electron chi connectivity index (χ0n) is 15.6. The standard InChI is InChI=1S/C20H19N5O2S.ClH/c1-28(26,27)19-10-4-7-15(24-19)12-16(21)20-18(9-5-11-22-20)25-17-8-3-2-6-14(17)13-23-25;/h2-11,13,16H,12,21H2,1H3;1H/t16-;/m0./s1. The molecule has 0 fully saturated rings. The van der Waals surface area contributed by atoms with Gasteiger partial charge in [0.05, 0.1) is 29.1 Å². The van der Waals surface area contributed by atoms with E-state index < -0.39 is 15.9 Å². The molecule has 1 aromatic carbocycles. The number of aromatic nitrogens is 4. The topological polar surface area (TPSA) is 104 Å². The first-order valence-electron chi connectivity index (χ1n) is 8.73. The van der Waals surface area contributed by atoms with Crippen LogP contribution in [0.1, 0.15) is 17.4 Å². The lowest BCUT2D eigenvalue weighted by atomic mass is 10.1. The second-order valence-electron chi connectivity index (χ2n) is 6.57. The number of hydrogen-bond donors (Lipinski definition) is 1. The maximum Gasteiger partial charge on any atom is 0.192 e. The Kier molecular flexibility index (Phi) is 5.97. The molecule has 29 heavy (non-hydrogen) atoms. The predicted octanol–water partition coefficient (Wildman–Crippen LogP) is 2.88. The Hall–Kier alpha value is -2.81. The van der Waals surface area contributed by atoms with Gasteiger partial charge in [-0.3, -0.25) is 4.98 Å². The molecule has 0 aliphatic carbocycles. The van der Waals surface area contributed by atoms with Crippen molar-refractivity contribution in [3.63, 3.8) is 0 Å². The number of hydrogen-bond acceptors (Lipinski definition) is 6. The molecule has 1 atom stereocenters. The summed E-state index contributed by atoms with van der Waals surface area (Å²) in [6.45, 7) is 0. The Morgan fingerprint density at radius 1 is 1.07 bits per heavy atom. The van der Waals surface area contributed by atoms with Gasteiger partial charge in [0.1, 0.15) is 0 Å². The Labute approximate surface area is 174 Å². The van der Waals surface area contributed by atoms with E-state index in [0.29, 0.717) is 17.8 Å². The van der Waals surface area contributed by atoms with Crippen LogP contribution in [0.4, 0.5) is 0 Å². The van der Waals surface area contributed by atoms with Crippen LogP contribution in [0.15, 0.2) is 72.0 Å². The van der Waals surface area contributed by atoms with Gasteiger partial charge in [-0.05, 0) is 30.3 Å². The summed E-state index contributed by atoms with van der Waals surface area (Å²) in [4.78, 5) is 8.71. The quantitative estimate of drug-likeness (QED) is 0.523. The molecule has 4 rings (SSSR count). The number of fused-ring (bicyclic) bond motifs is 1. The molecule has 0 amide bonds. The molecular weight excluding hydrogens is 410 g/mol. The third kappa shape index (κ3) is 4.29. The van der Waals surface area contributed by atoms with Gasteiger partial charge in [-0.2, -0.15) is 5.10 Å². The second kappa shape index (κ2) is 8.28. The monoisotopic (exact) mass is 429 g/mol. The van der Waals surface area contributed by atoms with Gasteiger partial charge in [-0.1, -0.05) is 24.3 Å². The smallest absolute Gasteiger partial charge is 0.192 e. The molecule has 7 nitrogen and oxygen atoms in total. The molecule has 0 aliphatic rings. The van der Waals surface area contributed by atoms with E-state index in [2.05, 4.69) is 15.1 Å². The summed E-state index contributed by atoms with van der Waals surface area (Å²) in [7, 11) is -3.38. The normalized spacial score (nSPS) is 12.5. The van der Waals surface area contributed by atoms with Crippen molar-refractivity contribution in [3.8, 4) is 5.69 Å². The van der Waals surface area contributed by atoms with Crippen LogP contribution in [0.3, 0.4) is 0 Å². The molecule has 0 radical (unpaired) electrons. The SMILES string of the molecule is CS(=O)(=O)c1cccc(C[C@H](N)c2ncccc2-n2ncc3ccccc32)n1.Cl. The predicted molar refractivity (Wildman–Crippen MR) is 114 cm³/mol. The van der Waals surface area contributed by atoms with E-state index in [9.17, 15) is 8.42 Å². The van der Waals surface area contributed by atoms with Gasteiger partial charge in [0.15, 0.2) is 14.9 Å². The lowest BCUT2D eigenvalue weighted by Crippen LogP contribution is -2.19. The fourth-order valence-corrected chi connectivity index (χ4v) is 3.75. The molecular formula is C20H20ClN5O2S. The molecule has 0 saturated carbocycles. The van der Waals surface area contributed by atoms with Crippen molar-refractivity contribution in [2.24, 2.45) is 5.73 Å². The summed E-state index contributed by atoms with van der Waals surface area (Å²) in [5, 5.41) is 5.55. The van der Waals surface area contributed by atoms with Crippen LogP contribution in [0.2, 0.25) is 0 Å². The van der Waals surface area contributed by atoms with Gasteiger partial charge in [0.25, 0.3) is 0 Å². The average molecular weight is 430 g/mol. The van der Waals surface area contributed by atoms with Crippen LogP contribution in [-0.2, 0) is 16.3 Å². The highest BCUT2D eigenvalue weighted by Crippen LogP contribution is 2.24. The van der Waals surface area contributed by atoms with Crippen molar-refractivity contribution in [1.29, 1.82) is 0 Å². The molecule has 0 spiro atoms. The minimum absolute atomic E-state index is 0. The Morgan fingerprint density at radius 2 is 1.86 bits per heavy atom. The van der Waals surface area contributed by atoms with Crippen molar-refractivity contribution in [2.75, 3.05) is 6.26 Å². The largest absolute Gasteiger partial charge is 0.322 e. The van der Waals surface area contributed by atoms with Gasteiger partial charge < -0.3 is 5.73 Å². The van der Waals surface area contributed by atoms with Crippen LogP contribution < -0.4 is 5.73 Å². The van der Waals surface area contributed by atoms with Gasteiger partial charge in [-0.15, -0.1) is 12.4 Å². The molecule has 3 aromatic heterocycles. The molecule has 2 N–H and O–H groups in total. The van der Waals surface area contributed by atoms with Crippen molar-refractivity contribution < 1.29 is 8.42 Å². The van der Waals surface area contributed by atoms with Crippen molar-refractivity contribution >= 4 is 33.1 Å². The molecule has 0 aliphatic heterocycles. The number of pyridine rings is 2. The maximum atomic E-state index is 11.8. The third-order valence-corrected chi connectivity index (χ3v) is 5.45. The van der Waals surface area contributed by atoms with E-state index in [-0.39, 0.29) is 17.4 Å². The zero-order chi connectivity index (χ0) is 19.7. The van der Waals surface area contributed by atoms with Gasteiger partial charge in [-0.25, -0.2) is 18.1 Å². The van der Waals surface area contributed by atoms with Gasteiger partial charge >= 0.3 is 0 Å². The fourth-order valence-electron chi connectivity index (χ4n) is 3.14. The summed E-state index contributed by atoms with van der Waals surface area (Å²) < 4.78 is 25.3. The molecule has 0 unspecified atom stereocenters. The van der Waals surface area contributed by atoms with E-state index in [1.54, 1.807) is 24.5 Å². The number of nitrogens with zero attached hydrogens (tertiary/aromatic N) is 4. The highest BCUT2D eigenvalue weighted by Gasteiger charge is 2.18. The fraction of sp³-hybridized carbons (Fsp3) is 0.150. The zero-order valence-corrected chi connectivity index (χ0v) is 17.3. The van der Waals surface area contributed by atoms with Crippen LogP contribution in [0, 0.1) is 0 Å². The summed E-state index contributed by atoms with van der Waals surface area (Å²) in [6, 6.07) is 16.1. The lowest BCUT2D eigenvalue weighted by Gasteiger charge is -2.16. The van der Waals surface area contributed by atoms with Gasteiger partial charge in [0.2, 0.25) is 0 Å². The van der Waals surface area contributed by atoms with Crippen molar-refractivity contribution in [1.82, 2.24) is 19.7 Å². The highest BCUT2D eigenvalue weighted by atomic mass is 35.5. The van der Waals surface area contributed by atoms with Crippen LogP contribution in [0.25, 0.3) is 16.6 Å². The number of halogens is 1. The first-order valence-corrected chi connectivity index (χ1v) is 10.6. The third-order valence-electron chi connectivity index (χ3n) is 4.46. The average Bonchev–Trinajstić information content (AvgIpc) is 3.11. The van der Waals surface area contributed by atoms with Crippen LogP contribution >= 0.6 is 12.4 Å². The minimum atomic E-state index is -3.38. The lowest BCUT2D eigenvalue weighted by molar-refractivity contribution is 0.596. The van der Waals surface area contributed by atoms with E-state index in [1.165, 1.54) is 6.07 Å². The Morgan fingerprint density at radius 3 is 2.66 bits per heavy atom. The molecule has 0 bridgehead atoms. The maximum absolute atomic E-state index is 11.8. The summed E-state index contributed by atoms with van der Waals surface area (Å²) >= 11 is 0. The number of nitrogens with two attached hydrogens (primary N) is 1. The molecule has 150 valence electrons. The summed E-state index contributed by atoms with van der Waals surface area (Å²) in [5.74, 6) is 0. The number of benzene rings is 1. The summed E-state index contributed by atoms with van der Waals surface area (Å²) in [6.07, 6.45) is 4.98. The molecule has 4 aromatic rings. The van der Waals surface area contributed by atoms with Crippen molar-refractivity contribution in [3.05, 3.63) is 78.4 Å². The first kappa shape index (κ1) is 20.9. The number of rotatable bonds is 5. The first-order chi connectivity index (χ1) is 13.4. The highest BCUT2D eigenvalue weighted by molar-refractivity contribution is 7.90. The number of para-hydroxylation sites is 1. The minimum Gasteiger partial charge on any atom is -0.322 e. The van der Waals surface area contributed by atoms with Crippen molar-refractivity contribution in [2.45, 2.75) is 17.5 Å². The Balaban J connectivity index is 0.00000240. The van der Waals surface area contributed by atoms with Crippen LogP contribution in [0.5, 0.6) is 0 Å². The Bertz CT molecular complexity index is 1260. The number of sulfone groups is 1.